The van der Waals surface area contributed by atoms with Gasteiger partial charge in [-0.1, -0.05) is 16.8 Å². The summed E-state index contributed by atoms with van der Waals surface area (Å²) < 4.78 is 38.2. The number of hydrogen-bond acceptors (Lipinski definition) is 6. The number of aromatic nitrogens is 1. The molecule has 0 aliphatic rings. The van der Waals surface area contributed by atoms with Crippen molar-refractivity contribution in [1.29, 1.82) is 0 Å². The van der Waals surface area contributed by atoms with Crippen molar-refractivity contribution in [1.82, 2.24) is 5.16 Å². The van der Waals surface area contributed by atoms with Gasteiger partial charge in [-0.15, -0.1) is 0 Å². The van der Waals surface area contributed by atoms with Crippen LogP contribution in [0.15, 0.2) is 62.4 Å². The summed E-state index contributed by atoms with van der Waals surface area (Å²) in [7, 11) is -3.84. The summed E-state index contributed by atoms with van der Waals surface area (Å²) >= 11 is 9.22. The fourth-order valence-electron chi connectivity index (χ4n) is 2.39. The first-order chi connectivity index (χ1) is 14.1. The maximum absolute atomic E-state index is 12.4. The van der Waals surface area contributed by atoms with Crippen molar-refractivity contribution in [3.8, 4) is 5.75 Å². The Morgan fingerprint density at radius 3 is 2.50 bits per heavy atom. The number of carbonyl (C=O) groups excluding carboxylic acids is 1. The number of nitrogens with one attached hydrogen (secondary N) is 2. The molecule has 0 aliphatic heterocycles. The Bertz CT molecular complexity index is 1170. The summed E-state index contributed by atoms with van der Waals surface area (Å²) in [4.78, 5) is 12.4. The molecule has 11 heteroatoms. The molecule has 0 spiro atoms. The average molecular weight is 515 g/mol. The Hall–Kier alpha value is -2.56. The van der Waals surface area contributed by atoms with Crippen LogP contribution in [0.2, 0.25) is 5.02 Å². The molecule has 0 fully saturated rings. The van der Waals surface area contributed by atoms with Crippen molar-refractivity contribution in [3.63, 3.8) is 0 Å². The van der Waals surface area contributed by atoms with E-state index in [2.05, 4.69) is 31.1 Å². The Labute approximate surface area is 186 Å². The van der Waals surface area contributed by atoms with Crippen molar-refractivity contribution < 1.29 is 22.5 Å². The number of carbonyl (C=O) groups is 1. The largest absolute Gasteiger partial charge is 0.480 e. The molecule has 3 rings (SSSR count). The lowest BCUT2D eigenvalue weighted by molar-refractivity contribution is -0.122. The van der Waals surface area contributed by atoms with Gasteiger partial charge in [0, 0.05) is 16.8 Å². The molecule has 1 aromatic heterocycles. The zero-order chi connectivity index (χ0) is 21.9. The first-order valence-electron chi connectivity index (χ1n) is 8.63. The second kappa shape index (κ2) is 9.07. The summed E-state index contributed by atoms with van der Waals surface area (Å²) in [6, 6.07) is 12.1. The molecule has 0 bridgehead atoms. The smallest absolute Gasteiger partial charge is 0.265 e. The molecule has 0 saturated carbocycles. The summed E-state index contributed by atoms with van der Waals surface area (Å²) in [6.07, 6.45) is -0.803. The molecule has 30 heavy (non-hydrogen) atoms. The standard InChI is InChI=1S/C19H17BrClN3O5S/c1-11-9-18(23-29-11)24-30(26,27)15-6-4-14(5-7-15)22-19(25)12(2)28-17-8-3-13(21)10-16(17)20/h3-10,12H,1-2H3,(H,22,25)(H,23,24). The molecule has 0 aliphatic carbocycles. The number of anilines is 2. The number of benzene rings is 2. The Kier molecular flexibility index (Phi) is 6.69. The summed E-state index contributed by atoms with van der Waals surface area (Å²) in [5.74, 6) is 0.637. The molecule has 8 nitrogen and oxygen atoms in total. The SMILES string of the molecule is Cc1cc(NS(=O)(=O)c2ccc(NC(=O)C(C)Oc3ccc(Cl)cc3Br)cc2)no1. The Morgan fingerprint density at radius 2 is 1.90 bits per heavy atom. The molecule has 1 atom stereocenters. The van der Waals surface area contributed by atoms with E-state index in [0.717, 1.165) is 0 Å². The maximum Gasteiger partial charge on any atom is 0.265 e. The fraction of sp³-hybridized carbons (Fsp3) is 0.158. The van der Waals surface area contributed by atoms with E-state index >= 15 is 0 Å². The van der Waals surface area contributed by atoms with Gasteiger partial charge >= 0.3 is 0 Å². The molecule has 1 amide bonds. The Morgan fingerprint density at radius 1 is 1.20 bits per heavy atom. The highest BCUT2D eigenvalue weighted by atomic mass is 79.9. The predicted octanol–water partition coefficient (Wildman–Crippen LogP) is 4.61. The Balaban J connectivity index is 1.63. The minimum atomic E-state index is -3.84. The van der Waals surface area contributed by atoms with Gasteiger partial charge in [0.15, 0.2) is 11.9 Å². The highest BCUT2D eigenvalue weighted by Crippen LogP contribution is 2.29. The minimum Gasteiger partial charge on any atom is -0.480 e. The highest BCUT2D eigenvalue weighted by Gasteiger charge is 2.19. The number of amides is 1. The van der Waals surface area contributed by atoms with Crippen LogP contribution in [0.3, 0.4) is 0 Å². The molecular formula is C19H17BrClN3O5S. The first kappa shape index (κ1) is 22.1. The number of sulfonamides is 1. The van der Waals surface area contributed by atoms with Crippen LogP contribution in [0.1, 0.15) is 12.7 Å². The van der Waals surface area contributed by atoms with Crippen LogP contribution in [0, 0.1) is 6.92 Å². The van der Waals surface area contributed by atoms with Gasteiger partial charge in [0.1, 0.15) is 11.5 Å². The number of hydrogen-bond donors (Lipinski definition) is 2. The molecular weight excluding hydrogens is 498 g/mol. The topological polar surface area (TPSA) is 111 Å². The lowest BCUT2D eigenvalue weighted by atomic mass is 10.3. The zero-order valence-corrected chi connectivity index (χ0v) is 19.0. The van der Waals surface area contributed by atoms with Gasteiger partial charge in [0.2, 0.25) is 0 Å². The quantitative estimate of drug-likeness (QED) is 0.476. The van der Waals surface area contributed by atoms with Crippen LogP contribution >= 0.6 is 27.5 Å². The number of halogens is 2. The molecule has 2 N–H and O–H groups in total. The maximum atomic E-state index is 12.4. The van der Waals surface area contributed by atoms with Crippen molar-refractivity contribution in [2.24, 2.45) is 0 Å². The van der Waals surface area contributed by atoms with E-state index in [1.807, 2.05) is 0 Å². The van der Waals surface area contributed by atoms with E-state index < -0.39 is 22.0 Å². The van der Waals surface area contributed by atoms with Crippen molar-refractivity contribution in [2.75, 3.05) is 10.0 Å². The third-order valence-corrected chi connectivity index (χ3v) is 6.09. The van der Waals surface area contributed by atoms with E-state index in [0.29, 0.717) is 26.7 Å². The van der Waals surface area contributed by atoms with Crippen LogP contribution in [0.4, 0.5) is 11.5 Å². The lowest BCUT2D eigenvalue weighted by Crippen LogP contribution is -2.30. The van der Waals surface area contributed by atoms with Gasteiger partial charge in [-0.3, -0.25) is 9.52 Å². The fourth-order valence-corrected chi connectivity index (χ4v) is 4.15. The van der Waals surface area contributed by atoms with E-state index in [9.17, 15) is 13.2 Å². The summed E-state index contributed by atoms with van der Waals surface area (Å²) in [6.45, 7) is 3.25. The molecule has 158 valence electrons. The number of rotatable bonds is 7. The van der Waals surface area contributed by atoms with E-state index in [4.69, 9.17) is 20.9 Å². The second-order valence-electron chi connectivity index (χ2n) is 6.28. The molecule has 1 unspecified atom stereocenters. The van der Waals surface area contributed by atoms with Crippen LogP contribution in [-0.4, -0.2) is 25.6 Å². The van der Waals surface area contributed by atoms with Gasteiger partial charge in [0.25, 0.3) is 15.9 Å². The average Bonchev–Trinajstić information content (AvgIpc) is 3.08. The normalized spacial score (nSPS) is 12.3. The molecule has 0 saturated heterocycles. The first-order valence-corrected chi connectivity index (χ1v) is 11.3. The summed E-state index contributed by atoms with van der Waals surface area (Å²) in [5, 5.41) is 6.81. The monoisotopic (exact) mass is 513 g/mol. The van der Waals surface area contributed by atoms with Crippen LogP contribution in [0.25, 0.3) is 0 Å². The van der Waals surface area contributed by atoms with E-state index in [-0.39, 0.29) is 10.7 Å². The second-order valence-corrected chi connectivity index (χ2v) is 9.25. The van der Waals surface area contributed by atoms with Crippen molar-refractivity contribution >= 4 is 55.0 Å². The molecule has 2 aromatic carbocycles. The van der Waals surface area contributed by atoms with Gasteiger partial charge < -0.3 is 14.6 Å². The third kappa shape index (κ3) is 5.53. The third-order valence-electron chi connectivity index (χ3n) is 3.87. The number of aryl methyl sites for hydroxylation is 1. The molecule has 1 heterocycles. The highest BCUT2D eigenvalue weighted by molar-refractivity contribution is 9.10. The molecule has 3 aromatic rings. The van der Waals surface area contributed by atoms with Crippen LogP contribution < -0.4 is 14.8 Å². The predicted molar refractivity (Wildman–Crippen MR) is 116 cm³/mol. The molecule has 0 radical (unpaired) electrons. The minimum absolute atomic E-state index is 0.00976. The number of ether oxygens (including phenoxy) is 1. The van der Waals surface area contributed by atoms with Crippen LogP contribution in [0.5, 0.6) is 5.75 Å². The van der Waals surface area contributed by atoms with E-state index in [1.54, 1.807) is 32.0 Å². The zero-order valence-electron chi connectivity index (χ0n) is 15.8. The van der Waals surface area contributed by atoms with Gasteiger partial charge in [-0.25, -0.2) is 8.42 Å². The van der Waals surface area contributed by atoms with Gasteiger partial charge in [0.05, 0.1) is 9.37 Å². The van der Waals surface area contributed by atoms with Crippen LogP contribution in [-0.2, 0) is 14.8 Å². The number of nitrogens with zero attached hydrogens (tertiary/aromatic N) is 1. The van der Waals surface area contributed by atoms with Gasteiger partial charge in [-0.2, -0.15) is 0 Å². The van der Waals surface area contributed by atoms with Crippen molar-refractivity contribution in [2.45, 2.75) is 24.8 Å². The van der Waals surface area contributed by atoms with Crippen molar-refractivity contribution in [3.05, 3.63) is 63.8 Å². The van der Waals surface area contributed by atoms with E-state index in [1.165, 1.54) is 30.3 Å². The lowest BCUT2D eigenvalue weighted by Gasteiger charge is -2.16. The van der Waals surface area contributed by atoms with Gasteiger partial charge in [-0.05, 0) is 72.2 Å². The summed E-state index contributed by atoms with van der Waals surface area (Å²) in [5.41, 5.74) is 0.418.